The highest BCUT2D eigenvalue weighted by Gasteiger charge is 2.61. The van der Waals surface area contributed by atoms with Crippen LogP contribution < -0.4 is 5.32 Å². The number of rotatable bonds is 4. The molecule has 0 aromatic heterocycles. The number of ether oxygens (including phenoxy) is 1. The largest absolute Gasteiger partial charge is 0.466 e. The number of benzene rings is 2. The summed E-state index contributed by atoms with van der Waals surface area (Å²) < 4.78 is 5.16. The number of anilines is 1. The summed E-state index contributed by atoms with van der Waals surface area (Å²) >= 11 is 0. The number of hydrogen-bond donors (Lipinski definition) is 2. The first-order valence-electron chi connectivity index (χ1n) is 10.7. The number of carbonyl (C=O) groups is 1. The molecule has 0 amide bonds. The normalized spacial score (nSPS) is 28.4. The fourth-order valence-corrected chi connectivity index (χ4v) is 6.02. The fourth-order valence-electron chi connectivity index (χ4n) is 6.02. The number of hydrogen-bond acceptors (Lipinski definition) is 5. The van der Waals surface area contributed by atoms with Crippen LogP contribution in [0.15, 0.2) is 65.9 Å². The van der Waals surface area contributed by atoms with Gasteiger partial charge >= 0.3 is 5.97 Å². The van der Waals surface area contributed by atoms with Crippen molar-refractivity contribution in [1.29, 1.82) is 0 Å². The van der Waals surface area contributed by atoms with E-state index in [2.05, 4.69) is 52.7 Å². The molecule has 0 unspecified atom stereocenters. The minimum absolute atomic E-state index is 0.0537. The van der Waals surface area contributed by atoms with Crippen molar-refractivity contribution in [2.75, 3.05) is 19.0 Å². The van der Waals surface area contributed by atoms with Gasteiger partial charge in [0.15, 0.2) is 0 Å². The lowest BCUT2D eigenvalue weighted by Gasteiger charge is -2.46. The van der Waals surface area contributed by atoms with Crippen LogP contribution in [0.4, 0.5) is 5.69 Å². The maximum absolute atomic E-state index is 12.8. The smallest absolute Gasteiger partial charge is 0.335 e. The number of aliphatic hydroxyl groups is 1. The van der Waals surface area contributed by atoms with Crippen molar-refractivity contribution in [3.8, 4) is 0 Å². The standard InChI is InChI=1S/C25H28N2O3/c1-16(28)18-14-19(24(29)30-2)22-25(20-10-6-7-11-21(20)26-22)12-13-27(23(18)25)15-17-8-4-3-5-9-17/h3-11,16,18,23,26,28H,12-15H2,1-2H3/t16-,18+,23+,25+/m0/s1. The SMILES string of the molecule is COC(=O)C1=C2Nc3ccccc3[C@]23CCN(Cc2ccccc2)[C@@H]3[C@@H]([C@H](C)O)C1. The summed E-state index contributed by atoms with van der Waals surface area (Å²) in [6.45, 7) is 3.60. The highest BCUT2D eigenvalue weighted by atomic mass is 16.5. The maximum Gasteiger partial charge on any atom is 0.335 e. The molecular weight excluding hydrogens is 376 g/mol. The van der Waals surface area contributed by atoms with E-state index in [1.54, 1.807) is 0 Å². The van der Waals surface area contributed by atoms with Crippen LogP contribution in [-0.4, -0.2) is 41.8 Å². The summed E-state index contributed by atoms with van der Waals surface area (Å²) in [5.74, 6) is -0.350. The van der Waals surface area contributed by atoms with Crippen molar-refractivity contribution in [3.05, 3.63) is 77.0 Å². The summed E-state index contributed by atoms with van der Waals surface area (Å²) in [4.78, 5) is 15.3. The van der Waals surface area contributed by atoms with Crippen LogP contribution in [0.1, 0.15) is 30.9 Å². The molecule has 156 valence electrons. The number of nitrogens with zero attached hydrogens (tertiary/aromatic N) is 1. The van der Waals surface area contributed by atoms with E-state index in [1.807, 2.05) is 19.1 Å². The molecule has 2 aliphatic heterocycles. The number of para-hydroxylation sites is 1. The lowest BCUT2D eigenvalue weighted by molar-refractivity contribution is -0.137. The Bertz CT molecular complexity index is 1000. The third kappa shape index (κ3) is 2.72. The highest BCUT2D eigenvalue weighted by Crippen LogP contribution is 2.59. The van der Waals surface area contributed by atoms with Crippen LogP contribution >= 0.6 is 0 Å². The first kappa shape index (κ1) is 19.3. The van der Waals surface area contributed by atoms with Gasteiger partial charge in [-0.15, -0.1) is 0 Å². The summed E-state index contributed by atoms with van der Waals surface area (Å²) in [6, 6.07) is 18.9. The molecule has 2 heterocycles. The lowest BCUT2D eigenvalue weighted by atomic mass is 9.62. The fraction of sp³-hybridized carbons (Fsp3) is 0.400. The molecule has 2 aromatic carbocycles. The van der Waals surface area contributed by atoms with Crippen molar-refractivity contribution < 1.29 is 14.6 Å². The number of aliphatic hydroxyl groups excluding tert-OH is 1. The van der Waals surface area contributed by atoms with E-state index in [9.17, 15) is 9.90 Å². The number of carbonyl (C=O) groups excluding carboxylic acids is 1. The molecule has 4 atom stereocenters. The summed E-state index contributed by atoms with van der Waals surface area (Å²) in [5.41, 5.74) is 4.89. The third-order valence-corrected chi connectivity index (χ3v) is 7.23. The Morgan fingerprint density at radius 1 is 1.23 bits per heavy atom. The predicted octanol–water partition coefficient (Wildman–Crippen LogP) is 3.45. The Balaban J connectivity index is 1.67. The molecular formula is C25H28N2O3. The van der Waals surface area contributed by atoms with E-state index in [1.165, 1.54) is 18.2 Å². The molecule has 30 heavy (non-hydrogen) atoms. The van der Waals surface area contributed by atoms with Gasteiger partial charge in [0.2, 0.25) is 0 Å². The van der Waals surface area contributed by atoms with Crippen LogP contribution in [0.25, 0.3) is 0 Å². The number of likely N-dealkylation sites (tertiary alicyclic amines) is 1. The third-order valence-electron chi connectivity index (χ3n) is 7.23. The first-order valence-corrected chi connectivity index (χ1v) is 10.7. The topological polar surface area (TPSA) is 61.8 Å². The lowest BCUT2D eigenvalue weighted by Crippen LogP contribution is -2.54. The van der Waals surface area contributed by atoms with Crippen molar-refractivity contribution in [2.24, 2.45) is 5.92 Å². The summed E-state index contributed by atoms with van der Waals surface area (Å²) in [6.07, 6.45) is 0.892. The monoisotopic (exact) mass is 404 g/mol. The van der Waals surface area contributed by atoms with E-state index >= 15 is 0 Å². The molecule has 0 bridgehead atoms. The van der Waals surface area contributed by atoms with Gasteiger partial charge in [0.05, 0.1) is 24.2 Å². The van der Waals surface area contributed by atoms with Crippen LogP contribution in [0, 0.1) is 5.92 Å². The van der Waals surface area contributed by atoms with Gasteiger partial charge in [0.1, 0.15) is 0 Å². The first-order chi connectivity index (χ1) is 14.6. The molecule has 0 saturated carbocycles. The Kier molecular flexibility index (Phi) is 4.68. The van der Waals surface area contributed by atoms with Crippen molar-refractivity contribution >= 4 is 11.7 Å². The molecule has 5 nitrogen and oxygen atoms in total. The highest BCUT2D eigenvalue weighted by molar-refractivity contribution is 5.93. The molecule has 2 N–H and O–H groups in total. The molecule has 1 aliphatic carbocycles. The van der Waals surface area contributed by atoms with Crippen molar-refractivity contribution in [2.45, 2.75) is 43.9 Å². The summed E-state index contributed by atoms with van der Waals surface area (Å²) in [7, 11) is 1.44. The van der Waals surface area contributed by atoms with Gasteiger partial charge in [-0.1, -0.05) is 48.5 Å². The van der Waals surface area contributed by atoms with Crippen LogP contribution in [0.3, 0.4) is 0 Å². The second-order valence-corrected chi connectivity index (χ2v) is 8.75. The minimum Gasteiger partial charge on any atom is -0.466 e. The van der Waals surface area contributed by atoms with Crippen LogP contribution in [0.2, 0.25) is 0 Å². The summed E-state index contributed by atoms with van der Waals surface area (Å²) in [5, 5.41) is 14.4. The molecule has 5 heteroatoms. The van der Waals surface area contributed by atoms with Gasteiger partial charge in [0.25, 0.3) is 0 Å². The van der Waals surface area contributed by atoms with Gasteiger partial charge in [-0.3, -0.25) is 4.90 Å². The van der Waals surface area contributed by atoms with E-state index in [0.29, 0.717) is 12.0 Å². The molecule has 5 rings (SSSR count). The zero-order valence-corrected chi connectivity index (χ0v) is 17.5. The van der Waals surface area contributed by atoms with Crippen molar-refractivity contribution in [3.63, 3.8) is 0 Å². The average Bonchev–Trinajstić information content (AvgIpc) is 3.30. The second kappa shape index (κ2) is 7.25. The van der Waals surface area contributed by atoms with Gasteiger partial charge in [-0.2, -0.15) is 0 Å². The molecule has 1 saturated heterocycles. The Hall–Kier alpha value is -2.63. The minimum atomic E-state index is -0.530. The predicted molar refractivity (Wildman–Crippen MR) is 116 cm³/mol. The van der Waals surface area contributed by atoms with Gasteiger partial charge < -0.3 is 15.2 Å². The van der Waals surface area contributed by atoms with Crippen molar-refractivity contribution in [1.82, 2.24) is 4.90 Å². The number of nitrogens with one attached hydrogen (secondary N) is 1. The van der Waals surface area contributed by atoms with E-state index < -0.39 is 6.10 Å². The zero-order chi connectivity index (χ0) is 20.9. The number of esters is 1. The zero-order valence-electron chi connectivity index (χ0n) is 17.5. The molecule has 3 aliphatic rings. The second-order valence-electron chi connectivity index (χ2n) is 8.75. The quantitative estimate of drug-likeness (QED) is 0.765. The molecule has 1 spiro atoms. The Labute approximate surface area is 177 Å². The van der Waals surface area contributed by atoms with Crippen LogP contribution in [0.5, 0.6) is 0 Å². The van der Waals surface area contributed by atoms with E-state index in [-0.39, 0.29) is 23.3 Å². The van der Waals surface area contributed by atoms with E-state index in [4.69, 9.17) is 4.74 Å². The Morgan fingerprint density at radius 2 is 1.97 bits per heavy atom. The van der Waals surface area contributed by atoms with Gasteiger partial charge in [0, 0.05) is 36.4 Å². The molecule has 1 fully saturated rings. The molecule has 0 radical (unpaired) electrons. The van der Waals surface area contributed by atoms with Crippen LogP contribution in [-0.2, 0) is 21.5 Å². The number of methoxy groups -OCH3 is 1. The number of fused-ring (bicyclic) bond motifs is 1. The van der Waals surface area contributed by atoms with Gasteiger partial charge in [-0.05, 0) is 37.0 Å². The molecule has 2 aromatic rings. The van der Waals surface area contributed by atoms with Gasteiger partial charge in [-0.25, -0.2) is 4.79 Å². The average molecular weight is 405 g/mol. The van der Waals surface area contributed by atoms with E-state index in [0.717, 1.165) is 30.9 Å². The Morgan fingerprint density at radius 3 is 2.70 bits per heavy atom. The maximum atomic E-state index is 12.8.